The number of carbonyl (C=O) groups is 2. The summed E-state index contributed by atoms with van der Waals surface area (Å²) >= 11 is 0. The molecule has 0 saturated heterocycles. The SMILES string of the molecule is Br.CC(=O)O.Cl.O=C(O)O.O=P(O)(O)O.O=[N+]([O-])O. The van der Waals surface area contributed by atoms with E-state index in [1.54, 1.807) is 0 Å². The Labute approximate surface area is 121 Å². The molecule has 0 radical (unpaired) electrons. The van der Waals surface area contributed by atoms with Gasteiger partial charge >= 0.3 is 14.0 Å². The van der Waals surface area contributed by atoms with Gasteiger partial charge in [0.15, 0.2) is 0 Å². The van der Waals surface area contributed by atoms with E-state index in [-0.39, 0.29) is 29.4 Å². The number of aliphatic carboxylic acids is 1. The summed E-state index contributed by atoms with van der Waals surface area (Å²) in [6.45, 7) is 1.08. The van der Waals surface area contributed by atoms with Gasteiger partial charge in [0.1, 0.15) is 0 Å². The molecule has 0 amide bonds. The minimum Gasteiger partial charge on any atom is -0.481 e. The van der Waals surface area contributed by atoms with Crippen LogP contribution in [0.3, 0.4) is 0 Å². The molecule has 16 heteroatoms. The van der Waals surface area contributed by atoms with Crippen molar-refractivity contribution in [1.29, 1.82) is 0 Å². The molecule has 0 bridgehead atoms. The van der Waals surface area contributed by atoms with Crippen LogP contribution in [-0.4, -0.2) is 52.4 Å². The van der Waals surface area contributed by atoms with Gasteiger partial charge in [0.2, 0.25) is 0 Å². The largest absolute Gasteiger partial charge is 0.503 e. The van der Waals surface area contributed by atoms with E-state index in [9.17, 15) is 0 Å². The maximum absolute atomic E-state index is 9.00. The minimum atomic E-state index is -4.64. The van der Waals surface area contributed by atoms with Crippen LogP contribution in [0.2, 0.25) is 0 Å². The third-order valence-corrected chi connectivity index (χ3v) is 0. The van der Waals surface area contributed by atoms with Crippen molar-refractivity contribution < 1.29 is 54.4 Å². The summed E-state index contributed by atoms with van der Waals surface area (Å²) < 4.78 is 8.88. The predicted octanol–water partition coefficient (Wildman–Crippen LogP) is 0.0367. The van der Waals surface area contributed by atoms with Gasteiger partial charge in [-0.2, -0.15) is 0 Å². The number of halogens is 2. The van der Waals surface area contributed by atoms with Crippen molar-refractivity contribution in [3.8, 4) is 0 Å². The lowest BCUT2D eigenvalue weighted by molar-refractivity contribution is -0.742. The molecule has 0 unspecified atom stereocenters. The van der Waals surface area contributed by atoms with Crippen LogP contribution in [0.15, 0.2) is 0 Å². The monoisotopic (exact) mass is 399 g/mol. The van der Waals surface area contributed by atoms with Crippen molar-refractivity contribution in [3.05, 3.63) is 10.1 Å². The fraction of sp³-hybridized carbons (Fsp3) is 0.333. The molecule has 0 fully saturated rings. The first-order valence-electron chi connectivity index (χ1n) is 2.93. The van der Waals surface area contributed by atoms with E-state index < -0.39 is 25.0 Å². The maximum Gasteiger partial charge on any atom is 0.503 e. The van der Waals surface area contributed by atoms with E-state index >= 15 is 0 Å². The van der Waals surface area contributed by atoms with Crippen LogP contribution in [0, 0.1) is 10.1 Å². The lowest BCUT2D eigenvalue weighted by Crippen LogP contribution is -1.81. The summed E-state index contributed by atoms with van der Waals surface area (Å²) in [5.41, 5.74) is 0. The van der Waals surface area contributed by atoms with Gasteiger partial charge in [-0.1, -0.05) is 0 Å². The Bertz CT molecular complexity index is 229. The van der Waals surface area contributed by atoms with Crippen LogP contribution in [-0.2, 0) is 9.36 Å². The second-order valence-corrected chi connectivity index (χ2v) is 2.58. The van der Waals surface area contributed by atoms with Crippen LogP contribution in [0.5, 0.6) is 0 Å². The van der Waals surface area contributed by atoms with E-state index in [0.29, 0.717) is 0 Å². The van der Waals surface area contributed by atoms with Gasteiger partial charge in [-0.15, -0.1) is 39.5 Å². The van der Waals surface area contributed by atoms with Gasteiger partial charge in [-0.3, -0.25) is 4.79 Å². The molecule has 0 aromatic rings. The highest BCUT2D eigenvalue weighted by atomic mass is 79.9. The summed E-state index contributed by atoms with van der Waals surface area (Å²) in [4.78, 5) is 47.5. The Morgan fingerprint density at radius 1 is 1.11 bits per heavy atom. The molecular formula is C3H12BrClNO12P. The Kier molecular flexibility index (Phi) is 41.9. The Balaban J connectivity index is -0.0000000288. The summed E-state index contributed by atoms with van der Waals surface area (Å²) in [7, 11) is -4.64. The molecule has 0 saturated carbocycles. The zero-order valence-electron chi connectivity index (χ0n) is 8.88. The third-order valence-electron chi connectivity index (χ3n) is 0. The highest BCUT2D eigenvalue weighted by molar-refractivity contribution is 8.93. The topological polar surface area (TPSA) is 236 Å². The van der Waals surface area contributed by atoms with E-state index in [1.807, 2.05) is 0 Å². The second-order valence-electron chi connectivity index (χ2n) is 1.55. The lowest BCUT2D eigenvalue weighted by Gasteiger charge is -1.82. The maximum atomic E-state index is 9.00. The highest BCUT2D eigenvalue weighted by Gasteiger charge is 2.00. The predicted molar refractivity (Wildman–Crippen MR) is 64.6 cm³/mol. The molecule has 0 aliphatic heterocycles. The Morgan fingerprint density at radius 2 is 1.11 bits per heavy atom. The molecule has 7 N–H and O–H groups in total. The molecule has 0 spiro atoms. The summed E-state index contributed by atoms with van der Waals surface area (Å²) in [6.07, 6.45) is -1.83. The summed E-state index contributed by atoms with van der Waals surface area (Å²) in [5.74, 6) is -0.833. The molecule has 0 aliphatic carbocycles. The molecule has 0 rings (SSSR count). The molecule has 13 nitrogen and oxygen atoms in total. The van der Waals surface area contributed by atoms with Crippen molar-refractivity contribution in [2.45, 2.75) is 6.92 Å². The normalized spacial score (nSPS) is 6.95. The van der Waals surface area contributed by atoms with Crippen molar-refractivity contribution in [2.75, 3.05) is 0 Å². The number of carboxylic acid groups (broad SMARTS) is 3. The lowest BCUT2D eigenvalue weighted by atomic mass is 10.9. The zero-order chi connectivity index (χ0) is 15.2. The molecule has 0 aliphatic rings. The number of rotatable bonds is 0. The van der Waals surface area contributed by atoms with E-state index in [1.165, 1.54) is 0 Å². The standard InChI is InChI=1S/C2H4O2.CH2O3.BrH.ClH.HNO3.H3O4P/c1-2(3)4;2-1(3)4;;;2-1(3)4;1-5(2,3)4/h1H3,(H,3,4);(H2,2,3,4);2*1H;(H,2,3,4);(H3,1,2,3,4). The van der Waals surface area contributed by atoms with Crippen molar-refractivity contribution in [2.24, 2.45) is 0 Å². The van der Waals surface area contributed by atoms with Crippen molar-refractivity contribution >= 4 is 49.3 Å². The van der Waals surface area contributed by atoms with Crippen LogP contribution in [0.4, 0.5) is 4.79 Å². The number of nitrogens with zero attached hydrogens (tertiary/aromatic N) is 1. The molecule has 0 heterocycles. The van der Waals surface area contributed by atoms with Crippen molar-refractivity contribution in [3.63, 3.8) is 0 Å². The molecule has 120 valence electrons. The summed E-state index contributed by atoms with van der Waals surface area (Å²) in [5, 5.41) is 35.0. The van der Waals surface area contributed by atoms with E-state index in [0.717, 1.165) is 6.92 Å². The number of hydrogen-bond acceptors (Lipinski definition) is 5. The first kappa shape index (κ1) is 36.1. The van der Waals surface area contributed by atoms with Gasteiger partial charge in [0, 0.05) is 6.92 Å². The quantitative estimate of drug-likeness (QED) is 0.162. The average molecular weight is 400 g/mol. The van der Waals surface area contributed by atoms with E-state index in [4.69, 9.17) is 59.5 Å². The first-order valence-corrected chi connectivity index (χ1v) is 4.49. The van der Waals surface area contributed by atoms with Crippen molar-refractivity contribution in [1.82, 2.24) is 0 Å². The summed E-state index contributed by atoms with van der Waals surface area (Å²) in [6, 6.07) is 0. The fourth-order valence-electron chi connectivity index (χ4n) is 0. The van der Waals surface area contributed by atoms with Crippen LogP contribution in [0.1, 0.15) is 6.92 Å². The van der Waals surface area contributed by atoms with Gasteiger partial charge in [-0.05, 0) is 0 Å². The van der Waals surface area contributed by atoms with Gasteiger partial charge in [0.25, 0.3) is 11.1 Å². The Morgan fingerprint density at radius 3 is 1.11 bits per heavy atom. The molecule has 0 aromatic carbocycles. The number of phosphoric acid groups is 1. The fourth-order valence-corrected chi connectivity index (χ4v) is 0. The molecule has 0 atom stereocenters. The first-order chi connectivity index (χ1) is 7.20. The Hall–Kier alpha value is -1.18. The number of hydrogen-bond donors (Lipinski definition) is 7. The number of carboxylic acids is 1. The highest BCUT2D eigenvalue weighted by Crippen LogP contribution is 2.25. The minimum absolute atomic E-state index is 0. The third kappa shape index (κ3) is 2650. The van der Waals surface area contributed by atoms with Crippen LogP contribution < -0.4 is 0 Å². The van der Waals surface area contributed by atoms with Gasteiger partial charge < -0.3 is 35.2 Å². The molecular weight excluding hydrogens is 388 g/mol. The van der Waals surface area contributed by atoms with E-state index in [2.05, 4.69) is 0 Å². The second kappa shape index (κ2) is 22.0. The van der Waals surface area contributed by atoms with Crippen LogP contribution >= 0.6 is 37.2 Å². The molecule has 0 aromatic heterocycles. The smallest absolute Gasteiger partial charge is 0.481 e. The average Bonchev–Trinajstić information content (AvgIpc) is 1.73. The van der Waals surface area contributed by atoms with Gasteiger partial charge in [0.05, 0.1) is 0 Å². The van der Waals surface area contributed by atoms with Gasteiger partial charge in [-0.25, -0.2) is 9.36 Å². The van der Waals surface area contributed by atoms with Crippen LogP contribution in [0.25, 0.3) is 0 Å². The zero-order valence-corrected chi connectivity index (χ0v) is 12.3. The molecule has 19 heavy (non-hydrogen) atoms.